The van der Waals surface area contributed by atoms with Crippen molar-refractivity contribution in [3.05, 3.63) is 36.5 Å². The summed E-state index contributed by atoms with van der Waals surface area (Å²) < 4.78 is 16.9. The van der Waals surface area contributed by atoms with Gasteiger partial charge in [0.2, 0.25) is 0 Å². The molecule has 242 valence electrons. The number of esters is 2. The van der Waals surface area contributed by atoms with E-state index in [-0.39, 0.29) is 49.1 Å². The SMILES string of the molecule is CC/C=C/C/C=C/CCCCC(=O)OC(COCCC(C(=O)[O-])[N+](C)(C)C)COC(=O)CCC/C=C/CCCCCC. The first-order valence-corrected chi connectivity index (χ1v) is 16.0. The van der Waals surface area contributed by atoms with E-state index in [2.05, 4.69) is 50.3 Å². The molecule has 0 aromatic heterocycles. The first-order valence-electron chi connectivity index (χ1n) is 16.0. The summed E-state index contributed by atoms with van der Waals surface area (Å²) in [5.41, 5.74) is 0. The molecule has 0 spiro atoms. The summed E-state index contributed by atoms with van der Waals surface area (Å²) in [6, 6.07) is -0.731. The van der Waals surface area contributed by atoms with Crippen LogP contribution in [0.1, 0.15) is 110 Å². The fourth-order valence-electron chi connectivity index (χ4n) is 4.23. The van der Waals surface area contributed by atoms with Crippen molar-refractivity contribution in [2.24, 2.45) is 0 Å². The molecule has 0 rings (SSSR count). The molecule has 0 fully saturated rings. The van der Waals surface area contributed by atoms with Gasteiger partial charge in [0.15, 0.2) is 6.10 Å². The number of likely N-dealkylation sites (N-methyl/N-ethyl adjacent to an activating group) is 1. The maximum atomic E-state index is 12.5. The van der Waals surface area contributed by atoms with Crippen LogP contribution in [0.2, 0.25) is 0 Å². The zero-order chi connectivity index (χ0) is 31.5. The largest absolute Gasteiger partial charge is 0.544 e. The number of aliphatic carboxylic acids is 1. The molecule has 2 unspecified atom stereocenters. The number of allylic oxidation sites excluding steroid dienone is 6. The minimum Gasteiger partial charge on any atom is -0.544 e. The van der Waals surface area contributed by atoms with Gasteiger partial charge in [0.05, 0.1) is 40.3 Å². The maximum Gasteiger partial charge on any atom is 0.306 e. The van der Waals surface area contributed by atoms with Gasteiger partial charge < -0.3 is 28.6 Å². The smallest absolute Gasteiger partial charge is 0.306 e. The number of quaternary nitrogens is 1. The molecule has 0 saturated carbocycles. The van der Waals surface area contributed by atoms with Crippen molar-refractivity contribution in [1.29, 1.82) is 0 Å². The predicted molar refractivity (Wildman–Crippen MR) is 167 cm³/mol. The van der Waals surface area contributed by atoms with Crippen molar-refractivity contribution in [2.45, 2.75) is 122 Å². The van der Waals surface area contributed by atoms with E-state index in [1.807, 2.05) is 0 Å². The summed E-state index contributed by atoms with van der Waals surface area (Å²) in [6.45, 7) is 4.39. The second-order valence-electron chi connectivity index (χ2n) is 11.7. The fourth-order valence-corrected chi connectivity index (χ4v) is 4.23. The number of hydrogen-bond acceptors (Lipinski definition) is 7. The van der Waals surface area contributed by atoms with E-state index in [1.54, 1.807) is 21.1 Å². The monoisotopic (exact) mass is 593 g/mol. The molecule has 0 radical (unpaired) electrons. The Kier molecular flexibility index (Phi) is 24.7. The fraction of sp³-hybridized carbons (Fsp3) is 0.735. The second kappa shape index (κ2) is 26.2. The number of carbonyl (C=O) groups is 3. The van der Waals surface area contributed by atoms with Gasteiger partial charge in [0.25, 0.3) is 0 Å². The minimum absolute atomic E-state index is 0.0186. The van der Waals surface area contributed by atoms with Crippen molar-refractivity contribution in [2.75, 3.05) is 41.0 Å². The summed E-state index contributed by atoms with van der Waals surface area (Å²) in [7, 11) is 5.35. The summed E-state index contributed by atoms with van der Waals surface area (Å²) in [4.78, 5) is 36.3. The highest BCUT2D eigenvalue weighted by atomic mass is 16.6. The molecule has 0 heterocycles. The van der Waals surface area contributed by atoms with Crippen LogP contribution in [0.15, 0.2) is 36.5 Å². The lowest BCUT2D eigenvalue weighted by molar-refractivity contribution is -0.889. The molecule has 8 heteroatoms. The van der Waals surface area contributed by atoms with E-state index in [9.17, 15) is 19.5 Å². The van der Waals surface area contributed by atoms with E-state index in [4.69, 9.17) is 14.2 Å². The van der Waals surface area contributed by atoms with Crippen LogP contribution in [0.5, 0.6) is 0 Å². The van der Waals surface area contributed by atoms with Crippen molar-refractivity contribution in [3.8, 4) is 0 Å². The third kappa shape index (κ3) is 24.2. The molecule has 0 N–H and O–H groups in total. The number of carboxylic acid groups (broad SMARTS) is 1. The van der Waals surface area contributed by atoms with Crippen LogP contribution in [0.4, 0.5) is 0 Å². The first-order chi connectivity index (χ1) is 20.1. The number of unbranched alkanes of at least 4 members (excludes halogenated alkanes) is 7. The topological polar surface area (TPSA) is 102 Å². The van der Waals surface area contributed by atoms with Crippen LogP contribution in [0.25, 0.3) is 0 Å². The average molecular weight is 594 g/mol. The quantitative estimate of drug-likeness (QED) is 0.0510. The van der Waals surface area contributed by atoms with Crippen molar-refractivity contribution in [1.82, 2.24) is 0 Å². The van der Waals surface area contributed by atoms with Crippen LogP contribution in [0, 0.1) is 0 Å². The molecule has 2 atom stereocenters. The molecule has 42 heavy (non-hydrogen) atoms. The Morgan fingerprint density at radius 3 is 2.00 bits per heavy atom. The highest BCUT2D eigenvalue weighted by Gasteiger charge is 2.25. The summed E-state index contributed by atoms with van der Waals surface area (Å²) in [6.07, 6.45) is 24.9. The number of ether oxygens (including phenoxy) is 3. The molecule has 8 nitrogen and oxygen atoms in total. The van der Waals surface area contributed by atoms with E-state index in [0.29, 0.717) is 19.3 Å². The van der Waals surface area contributed by atoms with Crippen molar-refractivity contribution < 1.29 is 38.2 Å². The highest BCUT2D eigenvalue weighted by Crippen LogP contribution is 2.10. The van der Waals surface area contributed by atoms with Gasteiger partial charge in [0.1, 0.15) is 12.6 Å². The van der Waals surface area contributed by atoms with Crippen molar-refractivity contribution in [3.63, 3.8) is 0 Å². The van der Waals surface area contributed by atoms with Gasteiger partial charge in [-0.2, -0.15) is 0 Å². The zero-order valence-electron chi connectivity index (χ0n) is 27.2. The number of carboxylic acids is 1. The normalized spacial score (nSPS) is 13.6. The Morgan fingerprint density at radius 2 is 1.36 bits per heavy atom. The zero-order valence-corrected chi connectivity index (χ0v) is 27.2. The molecule has 0 aromatic carbocycles. The molecule has 0 aliphatic heterocycles. The van der Waals surface area contributed by atoms with Crippen LogP contribution in [-0.4, -0.2) is 75.5 Å². The maximum absolute atomic E-state index is 12.5. The second-order valence-corrected chi connectivity index (χ2v) is 11.7. The average Bonchev–Trinajstić information content (AvgIpc) is 2.92. The van der Waals surface area contributed by atoms with Crippen LogP contribution >= 0.6 is 0 Å². The Labute approximate surface area is 255 Å². The summed E-state index contributed by atoms with van der Waals surface area (Å²) in [5, 5.41) is 11.5. The van der Waals surface area contributed by atoms with E-state index < -0.39 is 18.1 Å². The molecule has 0 saturated heterocycles. The van der Waals surface area contributed by atoms with Gasteiger partial charge in [0, 0.05) is 19.3 Å². The molecule has 0 aliphatic rings. The van der Waals surface area contributed by atoms with E-state index >= 15 is 0 Å². The van der Waals surface area contributed by atoms with Gasteiger partial charge in [-0.1, -0.05) is 69.6 Å². The Bertz CT molecular complexity index is 798. The molecule has 0 amide bonds. The lowest BCUT2D eigenvalue weighted by Gasteiger charge is -2.34. The molecule has 0 bridgehead atoms. The van der Waals surface area contributed by atoms with Gasteiger partial charge >= 0.3 is 11.9 Å². The number of carbonyl (C=O) groups excluding carboxylic acids is 3. The van der Waals surface area contributed by atoms with Gasteiger partial charge in [-0.05, 0) is 57.8 Å². The van der Waals surface area contributed by atoms with E-state index in [1.165, 1.54) is 25.7 Å². The highest BCUT2D eigenvalue weighted by molar-refractivity contribution is 5.70. The van der Waals surface area contributed by atoms with Gasteiger partial charge in [-0.15, -0.1) is 0 Å². The Hall–Kier alpha value is -2.45. The third-order valence-corrected chi connectivity index (χ3v) is 6.76. The van der Waals surface area contributed by atoms with Crippen LogP contribution < -0.4 is 5.11 Å². The predicted octanol–water partition coefficient (Wildman–Crippen LogP) is 5.84. The van der Waals surface area contributed by atoms with Crippen LogP contribution in [0.3, 0.4) is 0 Å². The minimum atomic E-state index is -1.14. The lowest BCUT2D eigenvalue weighted by atomic mass is 10.1. The van der Waals surface area contributed by atoms with Gasteiger partial charge in [-0.3, -0.25) is 9.59 Å². The molecular formula is C34H59NO7. The van der Waals surface area contributed by atoms with Crippen LogP contribution in [-0.2, 0) is 28.6 Å². The Morgan fingerprint density at radius 1 is 0.738 bits per heavy atom. The van der Waals surface area contributed by atoms with E-state index in [0.717, 1.165) is 38.5 Å². The first kappa shape index (κ1) is 39.5. The molecular weight excluding hydrogens is 534 g/mol. The van der Waals surface area contributed by atoms with Crippen molar-refractivity contribution >= 4 is 17.9 Å². The standard InChI is InChI=1S/C34H59NO7/c1-6-8-10-12-14-16-18-20-22-24-32(36)41-29-30(28-40-27-26-31(34(38)39)35(3,4)5)42-33(37)25-23-21-19-17-15-13-11-9-7-2/h9,11,15-18,30-31H,6-8,10,12-14,19-29H2,1-5H3/b11-9+,17-15+,18-16+. The number of hydrogen-bond donors (Lipinski definition) is 0. The summed E-state index contributed by atoms with van der Waals surface area (Å²) in [5.74, 6) is -1.84. The molecule has 0 aliphatic carbocycles. The van der Waals surface area contributed by atoms with Gasteiger partial charge in [-0.25, -0.2) is 0 Å². The summed E-state index contributed by atoms with van der Waals surface area (Å²) >= 11 is 0. The lowest BCUT2D eigenvalue weighted by Crippen LogP contribution is -2.55. The number of nitrogens with zero attached hydrogens (tertiary/aromatic N) is 1. The number of rotatable bonds is 27. The molecule has 0 aromatic rings. The Balaban J connectivity index is 4.61. The third-order valence-electron chi connectivity index (χ3n) is 6.76.